The number of hydrogen-bond acceptors (Lipinski definition) is 3. The minimum absolute atomic E-state index is 0. The van der Waals surface area contributed by atoms with E-state index in [1.54, 1.807) is 12.1 Å². The Hall–Kier alpha value is -1.59. The molecule has 3 N–H and O–H groups in total. The molecule has 2 rings (SSSR count). The second-order valence-electron chi connectivity index (χ2n) is 5.39. The molecule has 0 aromatic heterocycles. The molecule has 5 nitrogen and oxygen atoms in total. The number of nitrogens with zero attached hydrogens (tertiary/aromatic N) is 1. The number of carbonyl (C=O) groups excluding carboxylic acids is 2. The van der Waals surface area contributed by atoms with Gasteiger partial charge in [-0.1, -0.05) is 18.2 Å². The average Bonchev–Trinajstić information content (AvgIpc) is 2.54. The zero-order chi connectivity index (χ0) is 15.1. The molecule has 1 saturated heterocycles. The quantitative estimate of drug-likeness (QED) is 0.862. The highest BCUT2D eigenvalue weighted by Crippen LogP contribution is 2.13. The summed E-state index contributed by atoms with van der Waals surface area (Å²) in [7, 11) is 0. The topological polar surface area (TPSA) is 75.4 Å². The van der Waals surface area contributed by atoms with Crippen molar-refractivity contribution in [3.8, 4) is 0 Å². The number of likely N-dealkylation sites (tertiary alicyclic amines) is 1. The van der Waals surface area contributed by atoms with Crippen LogP contribution in [0, 0.1) is 0 Å². The molecule has 1 heterocycles. The van der Waals surface area contributed by atoms with Crippen molar-refractivity contribution in [2.24, 2.45) is 5.73 Å². The van der Waals surface area contributed by atoms with Crippen molar-refractivity contribution in [3.63, 3.8) is 0 Å². The molecule has 1 aromatic rings. The summed E-state index contributed by atoms with van der Waals surface area (Å²) >= 11 is 0. The molecule has 1 aliphatic heterocycles. The number of amides is 2. The van der Waals surface area contributed by atoms with E-state index in [1.165, 1.54) is 0 Å². The van der Waals surface area contributed by atoms with Crippen LogP contribution in [0.15, 0.2) is 30.3 Å². The number of nitrogens with two attached hydrogens (primary N) is 1. The Labute approximate surface area is 137 Å². The molecule has 0 saturated carbocycles. The number of hydrogen-bond donors (Lipinski definition) is 2. The van der Waals surface area contributed by atoms with E-state index in [2.05, 4.69) is 5.32 Å². The van der Waals surface area contributed by atoms with Gasteiger partial charge in [-0.2, -0.15) is 0 Å². The summed E-state index contributed by atoms with van der Waals surface area (Å²) in [5.74, 6) is 0.136. The third-order valence-electron chi connectivity index (χ3n) is 3.81. The van der Waals surface area contributed by atoms with E-state index in [-0.39, 0.29) is 30.3 Å². The predicted molar refractivity (Wildman–Crippen MR) is 89.0 cm³/mol. The first-order valence-corrected chi connectivity index (χ1v) is 7.54. The fourth-order valence-electron chi connectivity index (χ4n) is 2.54. The van der Waals surface area contributed by atoms with Gasteiger partial charge in [0.1, 0.15) is 0 Å². The lowest BCUT2D eigenvalue weighted by Crippen LogP contribution is -2.46. The summed E-state index contributed by atoms with van der Waals surface area (Å²) < 4.78 is 0. The average molecular weight is 326 g/mol. The summed E-state index contributed by atoms with van der Waals surface area (Å²) in [5, 5.41) is 3.04. The van der Waals surface area contributed by atoms with Crippen LogP contribution in [0.2, 0.25) is 0 Å². The molecule has 0 bridgehead atoms. The first-order chi connectivity index (χ1) is 10.2. The number of halogens is 1. The van der Waals surface area contributed by atoms with Crippen LogP contribution in [-0.4, -0.2) is 42.4 Å². The lowest BCUT2D eigenvalue weighted by molar-refractivity contribution is -0.132. The molecule has 0 atom stereocenters. The van der Waals surface area contributed by atoms with Gasteiger partial charge in [0.2, 0.25) is 5.91 Å². The van der Waals surface area contributed by atoms with Gasteiger partial charge in [0, 0.05) is 31.1 Å². The highest BCUT2D eigenvalue weighted by molar-refractivity contribution is 5.94. The molecule has 0 spiro atoms. The van der Waals surface area contributed by atoms with E-state index < -0.39 is 0 Å². The van der Waals surface area contributed by atoms with E-state index >= 15 is 0 Å². The van der Waals surface area contributed by atoms with Gasteiger partial charge in [-0.3, -0.25) is 9.59 Å². The van der Waals surface area contributed by atoms with Gasteiger partial charge in [0.25, 0.3) is 5.91 Å². The molecular weight excluding hydrogens is 302 g/mol. The van der Waals surface area contributed by atoms with Crippen LogP contribution in [0.3, 0.4) is 0 Å². The van der Waals surface area contributed by atoms with Crippen LogP contribution in [0.25, 0.3) is 0 Å². The summed E-state index contributed by atoms with van der Waals surface area (Å²) in [4.78, 5) is 25.8. The van der Waals surface area contributed by atoms with Crippen molar-refractivity contribution in [1.82, 2.24) is 10.2 Å². The highest BCUT2D eigenvalue weighted by Gasteiger charge is 2.23. The van der Waals surface area contributed by atoms with Crippen LogP contribution >= 0.6 is 12.4 Å². The molecule has 0 unspecified atom stereocenters. The number of benzene rings is 1. The molecule has 22 heavy (non-hydrogen) atoms. The van der Waals surface area contributed by atoms with Gasteiger partial charge in [-0.15, -0.1) is 12.4 Å². The van der Waals surface area contributed by atoms with E-state index in [1.807, 2.05) is 23.1 Å². The van der Waals surface area contributed by atoms with E-state index in [0.29, 0.717) is 31.6 Å². The summed E-state index contributed by atoms with van der Waals surface area (Å²) in [6.45, 7) is 1.97. The van der Waals surface area contributed by atoms with Gasteiger partial charge < -0.3 is 16.0 Å². The molecule has 6 heteroatoms. The molecule has 1 aromatic carbocycles. The van der Waals surface area contributed by atoms with Gasteiger partial charge >= 0.3 is 0 Å². The van der Waals surface area contributed by atoms with E-state index in [0.717, 1.165) is 19.3 Å². The third-order valence-corrected chi connectivity index (χ3v) is 3.81. The Bertz CT molecular complexity index is 474. The van der Waals surface area contributed by atoms with Gasteiger partial charge in [0.15, 0.2) is 0 Å². The largest absolute Gasteiger partial charge is 0.349 e. The summed E-state index contributed by atoms with van der Waals surface area (Å²) in [6, 6.07) is 9.36. The van der Waals surface area contributed by atoms with Crippen LogP contribution in [0.5, 0.6) is 0 Å². The van der Waals surface area contributed by atoms with Crippen LogP contribution in [0.4, 0.5) is 0 Å². The molecule has 122 valence electrons. The SMILES string of the molecule is Cl.NCCCC(=O)N1CCC(NC(=O)c2ccccc2)CC1. The summed E-state index contributed by atoms with van der Waals surface area (Å²) in [6.07, 6.45) is 2.89. The smallest absolute Gasteiger partial charge is 0.251 e. The number of nitrogens with one attached hydrogen (secondary N) is 1. The lowest BCUT2D eigenvalue weighted by Gasteiger charge is -2.32. The zero-order valence-electron chi connectivity index (χ0n) is 12.7. The van der Waals surface area contributed by atoms with Crippen molar-refractivity contribution < 1.29 is 9.59 Å². The van der Waals surface area contributed by atoms with Gasteiger partial charge in [0.05, 0.1) is 0 Å². The maximum atomic E-state index is 12.1. The van der Waals surface area contributed by atoms with Crippen molar-refractivity contribution in [1.29, 1.82) is 0 Å². The fourth-order valence-corrected chi connectivity index (χ4v) is 2.54. The van der Waals surface area contributed by atoms with Crippen LogP contribution in [-0.2, 0) is 4.79 Å². The molecule has 0 radical (unpaired) electrons. The van der Waals surface area contributed by atoms with Crippen molar-refractivity contribution in [2.75, 3.05) is 19.6 Å². The number of piperidine rings is 1. The van der Waals surface area contributed by atoms with Crippen LogP contribution in [0.1, 0.15) is 36.0 Å². The minimum atomic E-state index is -0.0384. The van der Waals surface area contributed by atoms with E-state index in [4.69, 9.17) is 5.73 Å². The van der Waals surface area contributed by atoms with Crippen LogP contribution < -0.4 is 11.1 Å². The van der Waals surface area contributed by atoms with E-state index in [9.17, 15) is 9.59 Å². The first-order valence-electron chi connectivity index (χ1n) is 7.54. The Kier molecular flexibility index (Phi) is 7.91. The van der Waals surface area contributed by atoms with Gasteiger partial charge in [-0.05, 0) is 37.9 Å². The first kappa shape index (κ1) is 18.5. The Balaban J connectivity index is 0.00000242. The molecule has 2 amide bonds. The highest BCUT2D eigenvalue weighted by atomic mass is 35.5. The number of rotatable bonds is 5. The molecule has 1 fully saturated rings. The molecule has 1 aliphatic rings. The Morgan fingerprint density at radius 2 is 1.82 bits per heavy atom. The van der Waals surface area contributed by atoms with Crippen molar-refractivity contribution in [3.05, 3.63) is 35.9 Å². The Morgan fingerprint density at radius 3 is 2.41 bits per heavy atom. The lowest BCUT2D eigenvalue weighted by atomic mass is 10.0. The number of carbonyl (C=O) groups is 2. The second kappa shape index (κ2) is 9.43. The monoisotopic (exact) mass is 325 g/mol. The van der Waals surface area contributed by atoms with Crippen molar-refractivity contribution in [2.45, 2.75) is 31.7 Å². The molecular formula is C16H24ClN3O2. The zero-order valence-corrected chi connectivity index (χ0v) is 13.5. The maximum absolute atomic E-state index is 12.1. The minimum Gasteiger partial charge on any atom is -0.349 e. The van der Waals surface area contributed by atoms with Gasteiger partial charge in [-0.25, -0.2) is 0 Å². The molecule has 0 aliphatic carbocycles. The normalized spacial score (nSPS) is 15.0. The third kappa shape index (κ3) is 5.31. The second-order valence-corrected chi connectivity index (χ2v) is 5.39. The fraction of sp³-hybridized carbons (Fsp3) is 0.500. The summed E-state index contributed by atoms with van der Waals surface area (Å²) in [5.41, 5.74) is 6.10. The Morgan fingerprint density at radius 1 is 1.18 bits per heavy atom. The predicted octanol–water partition coefficient (Wildman–Crippen LogP) is 1.57. The standard InChI is InChI=1S/C16H23N3O2.ClH/c17-10-4-7-15(20)19-11-8-14(9-12-19)18-16(21)13-5-2-1-3-6-13;/h1-3,5-6,14H,4,7-12,17H2,(H,18,21);1H. The maximum Gasteiger partial charge on any atom is 0.251 e. The van der Waals surface area contributed by atoms with Crippen molar-refractivity contribution >= 4 is 24.2 Å².